The molecule has 5 heteroatoms. The van der Waals surface area contributed by atoms with Gasteiger partial charge in [0.1, 0.15) is 5.78 Å². The van der Waals surface area contributed by atoms with Crippen LogP contribution in [0.25, 0.3) is 0 Å². The van der Waals surface area contributed by atoms with Gasteiger partial charge in [0, 0.05) is 6.04 Å². The largest absolute Gasteiger partial charge is 0.299 e. The average molecular weight is 362 g/mol. The summed E-state index contributed by atoms with van der Waals surface area (Å²) in [4.78, 5) is 38.4. The van der Waals surface area contributed by atoms with Crippen LogP contribution in [0.1, 0.15) is 58.9 Å². The number of nitrogens with one attached hydrogen (secondary N) is 1. The molecule has 0 bridgehead atoms. The number of hydrogen-bond acceptors (Lipinski definition) is 4. The molecule has 138 valence electrons. The molecule has 1 fully saturated rings. The van der Waals surface area contributed by atoms with E-state index in [1.807, 2.05) is 30.3 Å². The van der Waals surface area contributed by atoms with Crippen LogP contribution in [0, 0.1) is 0 Å². The minimum Gasteiger partial charge on any atom is -0.299 e. The molecular formula is C22H22N2O3. The molecule has 1 aliphatic carbocycles. The molecule has 2 aliphatic rings. The van der Waals surface area contributed by atoms with Crippen molar-refractivity contribution in [2.75, 3.05) is 0 Å². The van der Waals surface area contributed by atoms with E-state index in [1.165, 1.54) is 0 Å². The first kappa shape index (κ1) is 17.6. The first-order valence-corrected chi connectivity index (χ1v) is 9.36. The summed E-state index contributed by atoms with van der Waals surface area (Å²) in [5, 5.41) is 1.10. The van der Waals surface area contributed by atoms with Crippen molar-refractivity contribution in [2.24, 2.45) is 0 Å². The van der Waals surface area contributed by atoms with Crippen LogP contribution >= 0.6 is 0 Å². The Morgan fingerprint density at radius 2 is 1.56 bits per heavy atom. The molecule has 1 saturated carbocycles. The van der Waals surface area contributed by atoms with E-state index in [1.54, 1.807) is 31.2 Å². The van der Waals surface area contributed by atoms with Gasteiger partial charge >= 0.3 is 0 Å². The van der Waals surface area contributed by atoms with Crippen LogP contribution in [0.2, 0.25) is 0 Å². The predicted octanol–water partition coefficient (Wildman–Crippen LogP) is 3.26. The molecule has 1 aliphatic heterocycles. The molecule has 4 rings (SSSR count). The molecular weight excluding hydrogens is 340 g/mol. The van der Waals surface area contributed by atoms with Crippen molar-refractivity contribution in [1.29, 1.82) is 0 Å². The zero-order valence-electron chi connectivity index (χ0n) is 15.3. The van der Waals surface area contributed by atoms with Gasteiger partial charge in [-0.15, -0.1) is 0 Å². The van der Waals surface area contributed by atoms with Gasteiger partial charge < -0.3 is 0 Å². The van der Waals surface area contributed by atoms with E-state index >= 15 is 0 Å². The average Bonchev–Trinajstić information content (AvgIpc) is 2.94. The standard InChI is InChI=1S/C22H22N2O3/c1-15(25)22(16-9-3-2-4-10-16)14-8-7-13-19(22)23-24-20(26)17-11-5-6-12-18(17)21(24)27/h2-6,9-12,19,23H,7-8,13-14H2,1H3/t19-,22-/m0/s1. The first-order valence-electron chi connectivity index (χ1n) is 9.36. The van der Waals surface area contributed by atoms with Crippen LogP contribution in [0.3, 0.4) is 0 Å². The van der Waals surface area contributed by atoms with Gasteiger partial charge in [-0.3, -0.25) is 14.4 Å². The maximum atomic E-state index is 12.9. The fourth-order valence-electron chi connectivity index (χ4n) is 4.52. The van der Waals surface area contributed by atoms with Gasteiger partial charge in [-0.1, -0.05) is 55.3 Å². The third-order valence-corrected chi connectivity index (χ3v) is 5.90. The van der Waals surface area contributed by atoms with Crippen molar-refractivity contribution in [3.05, 3.63) is 71.3 Å². The van der Waals surface area contributed by atoms with Gasteiger partial charge in [-0.2, -0.15) is 0 Å². The Labute approximate surface area is 158 Å². The molecule has 1 N–H and O–H groups in total. The highest BCUT2D eigenvalue weighted by molar-refractivity contribution is 6.21. The molecule has 0 aromatic heterocycles. The molecule has 2 aromatic carbocycles. The summed E-state index contributed by atoms with van der Waals surface area (Å²) in [5.41, 5.74) is 4.15. The Hall–Kier alpha value is -2.79. The zero-order valence-corrected chi connectivity index (χ0v) is 15.3. The Kier molecular flexibility index (Phi) is 4.40. The summed E-state index contributed by atoms with van der Waals surface area (Å²) in [6, 6.07) is 16.2. The first-order chi connectivity index (χ1) is 13.1. The van der Waals surface area contributed by atoms with Crippen molar-refractivity contribution in [2.45, 2.75) is 44.1 Å². The number of fused-ring (bicyclic) bond motifs is 1. The Morgan fingerprint density at radius 3 is 2.15 bits per heavy atom. The van der Waals surface area contributed by atoms with Crippen LogP contribution in [0.4, 0.5) is 0 Å². The van der Waals surface area contributed by atoms with Crippen LogP contribution in [-0.4, -0.2) is 28.6 Å². The maximum absolute atomic E-state index is 12.9. The second-order valence-electron chi connectivity index (χ2n) is 7.31. The van der Waals surface area contributed by atoms with Gasteiger partial charge in [0.2, 0.25) is 0 Å². The van der Waals surface area contributed by atoms with Gasteiger partial charge in [0.25, 0.3) is 11.8 Å². The summed E-state index contributed by atoms with van der Waals surface area (Å²) >= 11 is 0. The number of hydrazine groups is 1. The molecule has 0 saturated heterocycles. The molecule has 0 unspecified atom stereocenters. The van der Waals surface area contributed by atoms with E-state index < -0.39 is 5.41 Å². The highest BCUT2D eigenvalue weighted by Crippen LogP contribution is 2.41. The van der Waals surface area contributed by atoms with Gasteiger partial charge in [0.05, 0.1) is 16.5 Å². The Morgan fingerprint density at radius 1 is 0.963 bits per heavy atom. The van der Waals surface area contributed by atoms with Crippen molar-refractivity contribution in [3.63, 3.8) is 0 Å². The number of benzene rings is 2. The van der Waals surface area contributed by atoms with E-state index in [9.17, 15) is 14.4 Å². The van der Waals surface area contributed by atoms with E-state index in [2.05, 4.69) is 5.43 Å². The molecule has 2 amide bonds. The van der Waals surface area contributed by atoms with Crippen LogP contribution < -0.4 is 5.43 Å². The molecule has 27 heavy (non-hydrogen) atoms. The number of hydrogen-bond donors (Lipinski definition) is 1. The van der Waals surface area contributed by atoms with Gasteiger partial charge in [-0.25, -0.2) is 10.4 Å². The SMILES string of the molecule is CC(=O)[C@]1(c2ccccc2)CCCC[C@@H]1NN1C(=O)c2ccccc2C1=O. The minimum atomic E-state index is -0.741. The lowest BCUT2D eigenvalue weighted by Gasteiger charge is -2.44. The molecule has 2 aromatic rings. The van der Waals surface area contributed by atoms with Crippen LogP contribution in [0.15, 0.2) is 54.6 Å². The number of imide groups is 1. The van der Waals surface area contributed by atoms with Crippen LogP contribution in [-0.2, 0) is 10.2 Å². The van der Waals surface area contributed by atoms with Crippen molar-refractivity contribution in [1.82, 2.24) is 10.4 Å². The van der Waals surface area contributed by atoms with Crippen molar-refractivity contribution in [3.8, 4) is 0 Å². The highest BCUT2D eigenvalue weighted by atomic mass is 16.2. The van der Waals surface area contributed by atoms with E-state index in [0.717, 1.165) is 29.8 Å². The molecule has 0 radical (unpaired) electrons. The zero-order chi connectivity index (χ0) is 19.0. The topological polar surface area (TPSA) is 66.5 Å². The molecule has 1 heterocycles. The van der Waals surface area contributed by atoms with Crippen molar-refractivity contribution < 1.29 is 14.4 Å². The fourth-order valence-corrected chi connectivity index (χ4v) is 4.52. The van der Waals surface area contributed by atoms with Crippen LogP contribution in [0.5, 0.6) is 0 Å². The second kappa shape index (κ2) is 6.74. The van der Waals surface area contributed by atoms with Gasteiger partial charge in [-0.05, 0) is 37.5 Å². The Balaban J connectivity index is 1.71. The molecule has 0 spiro atoms. The number of carbonyl (C=O) groups excluding carboxylic acids is 3. The summed E-state index contributed by atoms with van der Waals surface area (Å²) in [7, 11) is 0. The van der Waals surface area contributed by atoms with E-state index in [0.29, 0.717) is 17.5 Å². The smallest absolute Gasteiger partial charge is 0.276 e. The quantitative estimate of drug-likeness (QED) is 0.848. The highest BCUT2D eigenvalue weighted by Gasteiger charge is 2.48. The molecule has 5 nitrogen and oxygen atoms in total. The number of Topliss-reactive ketones (excluding diaryl/α,β-unsaturated/α-hetero) is 1. The number of nitrogens with zero attached hydrogens (tertiary/aromatic N) is 1. The third kappa shape index (κ3) is 2.70. The summed E-state index contributed by atoms with van der Waals surface area (Å²) < 4.78 is 0. The summed E-state index contributed by atoms with van der Waals surface area (Å²) in [5.74, 6) is -0.652. The lowest BCUT2D eigenvalue weighted by molar-refractivity contribution is -0.125. The fraction of sp³-hybridized carbons (Fsp3) is 0.318. The minimum absolute atomic E-state index is 0.0579. The summed E-state index contributed by atoms with van der Waals surface area (Å²) in [6.45, 7) is 1.61. The van der Waals surface area contributed by atoms with Gasteiger partial charge in [0.15, 0.2) is 0 Å². The lowest BCUT2D eigenvalue weighted by atomic mass is 9.64. The molecule has 2 atom stereocenters. The number of rotatable bonds is 4. The number of carbonyl (C=O) groups is 3. The number of amides is 2. The number of ketones is 1. The maximum Gasteiger partial charge on any atom is 0.276 e. The van der Waals surface area contributed by atoms with E-state index in [-0.39, 0.29) is 23.6 Å². The normalized spacial score (nSPS) is 24.8. The van der Waals surface area contributed by atoms with Crippen molar-refractivity contribution >= 4 is 17.6 Å². The summed E-state index contributed by atoms with van der Waals surface area (Å²) in [6.07, 6.45) is 3.31. The second-order valence-corrected chi connectivity index (χ2v) is 7.31. The predicted molar refractivity (Wildman–Crippen MR) is 101 cm³/mol. The lowest BCUT2D eigenvalue weighted by Crippen LogP contribution is -2.60. The Bertz CT molecular complexity index is 874. The van der Waals surface area contributed by atoms with E-state index in [4.69, 9.17) is 0 Å². The third-order valence-electron chi connectivity index (χ3n) is 5.90. The monoisotopic (exact) mass is 362 g/mol.